The molecule has 0 aliphatic heterocycles. The van der Waals surface area contributed by atoms with Gasteiger partial charge in [0.1, 0.15) is 17.9 Å². The SMILES string of the molecule is CC(C)C[C@H](C=O)NC(=O)CNC(=O)[C@@H](Cc1ccccc1)NC(=O)OC(C)(C)C. The summed E-state index contributed by atoms with van der Waals surface area (Å²) in [5.41, 5.74) is 0.133. The number of hydrogen-bond acceptors (Lipinski definition) is 5. The van der Waals surface area contributed by atoms with Gasteiger partial charge in [0.2, 0.25) is 11.8 Å². The molecule has 1 aromatic carbocycles. The van der Waals surface area contributed by atoms with Crippen molar-refractivity contribution in [2.75, 3.05) is 6.54 Å². The third-order valence-electron chi connectivity index (χ3n) is 3.95. The van der Waals surface area contributed by atoms with Gasteiger partial charge < -0.3 is 25.5 Å². The molecule has 0 saturated heterocycles. The highest BCUT2D eigenvalue weighted by molar-refractivity contribution is 5.90. The molecular weight excluding hydrogens is 386 g/mol. The zero-order chi connectivity index (χ0) is 22.7. The van der Waals surface area contributed by atoms with Crippen molar-refractivity contribution in [1.82, 2.24) is 16.0 Å². The van der Waals surface area contributed by atoms with Crippen molar-refractivity contribution in [1.29, 1.82) is 0 Å². The van der Waals surface area contributed by atoms with E-state index in [4.69, 9.17) is 4.74 Å². The summed E-state index contributed by atoms with van der Waals surface area (Å²) in [6, 6.07) is 7.67. The number of benzene rings is 1. The quantitative estimate of drug-likeness (QED) is 0.502. The number of amides is 3. The van der Waals surface area contributed by atoms with Crippen molar-refractivity contribution in [3.8, 4) is 0 Å². The third-order valence-corrected chi connectivity index (χ3v) is 3.95. The first-order chi connectivity index (χ1) is 14.0. The lowest BCUT2D eigenvalue weighted by Crippen LogP contribution is -2.51. The Morgan fingerprint density at radius 1 is 1.07 bits per heavy atom. The number of hydrogen-bond donors (Lipinski definition) is 3. The first kappa shape index (κ1) is 25.1. The molecule has 0 bridgehead atoms. The van der Waals surface area contributed by atoms with E-state index in [0.29, 0.717) is 12.7 Å². The van der Waals surface area contributed by atoms with Gasteiger partial charge in [0.25, 0.3) is 0 Å². The monoisotopic (exact) mass is 419 g/mol. The van der Waals surface area contributed by atoms with Gasteiger partial charge in [-0.25, -0.2) is 4.79 Å². The molecule has 3 N–H and O–H groups in total. The van der Waals surface area contributed by atoms with Crippen LogP contribution in [0.1, 0.15) is 46.6 Å². The summed E-state index contributed by atoms with van der Waals surface area (Å²) >= 11 is 0. The van der Waals surface area contributed by atoms with E-state index in [1.165, 1.54) is 0 Å². The van der Waals surface area contributed by atoms with Gasteiger partial charge >= 0.3 is 6.09 Å². The minimum Gasteiger partial charge on any atom is -0.444 e. The second-order valence-corrected chi connectivity index (χ2v) is 8.55. The van der Waals surface area contributed by atoms with E-state index >= 15 is 0 Å². The Bertz CT molecular complexity index is 713. The number of ether oxygens (including phenoxy) is 1. The number of aldehydes is 1. The molecule has 0 spiro atoms. The van der Waals surface area contributed by atoms with Gasteiger partial charge in [0, 0.05) is 6.42 Å². The molecule has 8 heteroatoms. The van der Waals surface area contributed by atoms with Gasteiger partial charge in [-0.3, -0.25) is 9.59 Å². The van der Waals surface area contributed by atoms with Gasteiger partial charge in [-0.1, -0.05) is 44.2 Å². The van der Waals surface area contributed by atoms with Crippen LogP contribution in [0.4, 0.5) is 4.79 Å². The van der Waals surface area contributed by atoms with E-state index in [9.17, 15) is 19.2 Å². The minimum atomic E-state index is -0.924. The number of carbonyl (C=O) groups is 4. The molecule has 30 heavy (non-hydrogen) atoms. The van der Waals surface area contributed by atoms with E-state index in [-0.39, 0.29) is 18.9 Å². The Morgan fingerprint density at radius 2 is 1.70 bits per heavy atom. The minimum absolute atomic E-state index is 0.234. The highest BCUT2D eigenvalue weighted by Crippen LogP contribution is 2.09. The van der Waals surface area contributed by atoms with Crippen LogP contribution in [0.5, 0.6) is 0 Å². The summed E-state index contributed by atoms with van der Waals surface area (Å²) in [4.78, 5) is 48.0. The van der Waals surface area contributed by atoms with Gasteiger partial charge in [-0.15, -0.1) is 0 Å². The molecule has 0 aliphatic rings. The fourth-order valence-corrected chi connectivity index (χ4v) is 2.71. The maximum atomic E-state index is 12.7. The van der Waals surface area contributed by atoms with Crippen molar-refractivity contribution in [3.05, 3.63) is 35.9 Å². The topological polar surface area (TPSA) is 114 Å². The second kappa shape index (κ2) is 11.9. The van der Waals surface area contributed by atoms with E-state index in [1.807, 2.05) is 44.2 Å². The van der Waals surface area contributed by atoms with Gasteiger partial charge in [-0.2, -0.15) is 0 Å². The number of nitrogens with one attached hydrogen (secondary N) is 3. The molecule has 0 fully saturated rings. The summed E-state index contributed by atoms with van der Waals surface area (Å²) in [5, 5.41) is 7.66. The third kappa shape index (κ3) is 10.6. The summed E-state index contributed by atoms with van der Waals surface area (Å²) in [7, 11) is 0. The Balaban J connectivity index is 2.73. The average Bonchev–Trinajstić information content (AvgIpc) is 2.64. The molecule has 8 nitrogen and oxygen atoms in total. The van der Waals surface area contributed by atoms with Crippen molar-refractivity contribution >= 4 is 24.2 Å². The summed E-state index contributed by atoms with van der Waals surface area (Å²) < 4.78 is 5.24. The molecule has 3 amide bonds. The first-order valence-electron chi connectivity index (χ1n) is 10.1. The number of carbonyl (C=O) groups excluding carboxylic acids is 4. The molecule has 0 aliphatic carbocycles. The second-order valence-electron chi connectivity index (χ2n) is 8.55. The molecule has 1 rings (SSSR count). The summed E-state index contributed by atoms with van der Waals surface area (Å²) in [6.45, 7) is 8.77. The smallest absolute Gasteiger partial charge is 0.408 e. The standard InChI is InChI=1S/C22H33N3O5/c1-15(2)11-17(14-26)24-19(27)13-23-20(28)18(12-16-9-7-6-8-10-16)25-21(29)30-22(3,4)5/h6-10,14-15,17-18H,11-13H2,1-5H3,(H,23,28)(H,24,27)(H,25,29)/t17-,18-/m1/s1. The maximum absolute atomic E-state index is 12.7. The highest BCUT2D eigenvalue weighted by atomic mass is 16.6. The zero-order valence-corrected chi connectivity index (χ0v) is 18.4. The van der Waals surface area contributed by atoms with Gasteiger partial charge in [-0.05, 0) is 38.7 Å². The normalized spacial score (nSPS) is 13.1. The van der Waals surface area contributed by atoms with Crippen molar-refractivity contribution in [2.45, 2.75) is 65.1 Å². The van der Waals surface area contributed by atoms with E-state index in [1.54, 1.807) is 20.8 Å². The lowest BCUT2D eigenvalue weighted by molar-refractivity contribution is -0.128. The Morgan fingerprint density at radius 3 is 2.23 bits per heavy atom. The van der Waals surface area contributed by atoms with E-state index in [2.05, 4.69) is 16.0 Å². The van der Waals surface area contributed by atoms with Crippen LogP contribution in [0.3, 0.4) is 0 Å². The van der Waals surface area contributed by atoms with Gasteiger partial charge in [0.05, 0.1) is 12.6 Å². The number of rotatable bonds is 10. The lowest BCUT2D eigenvalue weighted by atomic mass is 10.0. The van der Waals surface area contributed by atoms with Crippen LogP contribution >= 0.6 is 0 Å². The predicted octanol–water partition coefficient (Wildman–Crippen LogP) is 1.97. The molecule has 0 unspecified atom stereocenters. The van der Waals surface area contributed by atoms with Crippen molar-refractivity contribution in [3.63, 3.8) is 0 Å². The summed E-state index contributed by atoms with van der Waals surface area (Å²) in [5.74, 6) is -0.758. The summed E-state index contributed by atoms with van der Waals surface area (Å²) in [6.07, 6.45) is 0.709. The molecule has 166 valence electrons. The zero-order valence-electron chi connectivity index (χ0n) is 18.4. The van der Waals surface area contributed by atoms with Crippen LogP contribution < -0.4 is 16.0 Å². The lowest BCUT2D eigenvalue weighted by Gasteiger charge is -2.23. The van der Waals surface area contributed by atoms with Crippen LogP contribution in [0, 0.1) is 5.92 Å². The van der Waals surface area contributed by atoms with E-state index < -0.39 is 35.6 Å². The Hall–Kier alpha value is -2.90. The van der Waals surface area contributed by atoms with Crippen molar-refractivity contribution in [2.24, 2.45) is 5.92 Å². The number of alkyl carbamates (subject to hydrolysis) is 1. The Labute approximate surface area is 178 Å². The van der Waals surface area contributed by atoms with Crippen LogP contribution in [-0.2, 0) is 25.5 Å². The molecule has 0 radical (unpaired) electrons. The molecular formula is C22H33N3O5. The predicted molar refractivity (Wildman–Crippen MR) is 114 cm³/mol. The molecule has 0 heterocycles. The van der Waals surface area contributed by atoms with Crippen molar-refractivity contribution < 1.29 is 23.9 Å². The molecule has 2 atom stereocenters. The fourth-order valence-electron chi connectivity index (χ4n) is 2.71. The average molecular weight is 420 g/mol. The molecule has 1 aromatic rings. The molecule has 0 saturated carbocycles. The molecule has 0 aromatic heterocycles. The Kier molecular flexibility index (Phi) is 10.0. The fraction of sp³-hybridized carbons (Fsp3) is 0.545. The van der Waals surface area contributed by atoms with Crippen LogP contribution in [0.2, 0.25) is 0 Å². The van der Waals surface area contributed by atoms with Crippen LogP contribution in [-0.4, -0.2) is 48.4 Å². The maximum Gasteiger partial charge on any atom is 0.408 e. The van der Waals surface area contributed by atoms with Crippen LogP contribution in [0.15, 0.2) is 30.3 Å². The van der Waals surface area contributed by atoms with Gasteiger partial charge in [0.15, 0.2) is 0 Å². The van der Waals surface area contributed by atoms with E-state index in [0.717, 1.165) is 5.56 Å². The largest absolute Gasteiger partial charge is 0.444 e. The van der Waals surface area contributed by atoms with Crippen LogP contribution in [0.25, 0.3) is 0 Å². The first-order valence-corrected chi connectivity index (χ1v) is 10.1. The highest BCUT2D eigenvalue weighted by Gasteiger charge is 2.25.